The Morgan fingerprint density at radius 3 is 2.63 bits per heavy atom. The minimum absolute atomic E-state index is 0.196. The van der Waals surface area contributed by atoms with Gasteiger partial charge in [-0.1, -0.05) is 23.8 Å². The molecule has 5 rings (SSSR count). The monoisotopic (exact) mass is 464 g/mol. The van der Waals surface area contributed by atoms with Crippen LogP contribution in [0.4, 0.5) is 5.82 Å². The second-order valence-corrected chi connectivity index (χ2v) is 8.70. The highest BCUT2D eigenvalue weighted by Crippen LogP contribution is 2.26. The number of fused-ring (bicyclic) bond motifs is 2. The number of pyridine rings is 1. The molecule has 3 heterocycles. The molecule has 35 heavy (non-hydrogen) atoms. The van der Waals surface area contributed by atoms with Crippen molar-refractivity contribution in [3.8, 4) is 5.82 Å². The van der Waals surface area contributed by atoms with E-state index in [9.17, 15) is 9.59 Å². The summed E-state index contributed by atoms with van der Waals surface area (Å²) in [5.74, 6) is 0.700. The number of nitrogens with zero attached hydrogens (tertiary/aromatic N) is 3. The van der Waals surface area contributed by atoms with E-state index in [-0.39, 0.29) is 5.43 Å². The van der Waals surface area contributed by atoms with E-state index >= 15 is 0 Å². The fraction of sp³-hybridized carbons (Fsp3) is 0.143. The van der Waals surface area contributed by atoms with E-state index in [1.165, 1.54) is 24.0 Å². The van der Waals surface area contributed by atoms with Gasteiger partial charge in [-0.25, -0.2) is 4.98 Å². The van der Waals surface area contributed by atoms with Crippen molar-refractivity contribution in [2.24, 2.45) is 0 Å². The van der Waals surface area contributed by atoms with Gasteiger partial charge in [0.2, 0.25) is 5.91 Å². The van der Waals surface area contributed by atoms with Crippen molar-refractivity contribution in [2.45, 2.75) is 27.7 Å². The van der Waals surface area contributed by atoms with Crippen molar-refractivity contribution in [1.82, 2.24) is 14.8 Å². The number of benzene rings is 2. The van der Waals surface area contributed by atoms with Crippen LogP contribution in [0.1, 0.15) is 27.9 Å². The van der Waals surface area contributed by atoms with E-state index in [2.05, 4.69) is 29.5 Å². The Balaban J connectivity index is 1.46. The number of anilines is 1. The second kappa shape index (κ2) is 8.68. The van der Waals surface area contributed by atoms with Gasteiger partial charge in [0.05, 0.1) is 22.2 Å². The van der Waals surface area contributed by atoms with Gasteiger partial charge in [0.1, 0.15) is 17.7 Å². The molecule has 7 heteroatoms. The van der Waals surface area contributed by atoms with Crippen molar-refractivity contribution in [1.29, 1.82) is 0 Å². The SMILES string of the molecule is Cc1cc(C)c2nc(-n3nc(C)cc3NC(=O)/C=C/c3coc4ccccc4c3=O)cc(C)c2c1. The molecule has 0 aliphatic rings. The minimum atomic E-state index is -0.400. The highest BCUT2D eigenvalue weighted by molar-refractivity contribution is 6.01. The van der Waals surface area contributed by atoms with Crippen LogP contribution in [0.15, 0.2) is 70.1 Å². The maximum absolute atomic E-state index is 12.7. The standard InChI is InChI=1S/C28H24N4O3/c1-16-11-18(3)27-22(12-16)17(2)13-24(30-27)32-25(14-19(4)31-32)29-26(33)10-9-20-15-35-23-8-6-5-7-21(23)28(20)34/h5-15H,1-4H3,(H,29,33)/b10-9+. The van der Waals surface area contributed by atoms with Gasteiger partial charge in [-0.05, 0) is 69.2 Å². The number of carbonyl (C=O) groups is 1. The molecule has 0 atom stereocenters. The summed E-state index contributed by atoms with van der Waals surface area (Å²) in [5, 5.41) is 8.96. The molecule has 5 aromatic rings. The lowest BCUT2D eigenvalue weighted by atomic mass is 10.0. The Labute approximate surface area is 201 Å². The summed E-state index contributed by atoms with van der Waals surface area (Å²) in [7, 11) is 0. The average Bonchev–Trinajstić information content (AvgIpc) is 3.19. The number of hydrogen-bond donors (Lipinski definition) is 1. The molecular formula is C28H24N4O3. The molecule has 0 aliphatic heterocycles. The Morgan fingerprint density at radius 2 is 1.80 bits per heavy atom. The summed E-state index contributed by atoms with van der Waals surface area (Å²) in [6.07, 6.45) is 4.11. The summed E-state index contributed by atoms with van der Waals surface area (Å²) in [6, 6.07) is 15.0. The molecule has 3 aromatic heterocycles. The normalized spacial score (nSPS) is 11.5. The summed E-state index contributed by atoms with van der Waals surface area (Å²) in [6.45, 7) is 8.00. The Bertz CT molecular complexity index is 1710. The quantitative estimate of drug-likeness (QED) is 0.359. The number of hydrogen-bond acceptors (Lipinski definition) is 5. The van der Waals surface area contributed by atoms with Crippen LogP contribution in [0.3, 0.4) is 0 Å². The van der Waals surface area contributed by atoms with Gasteiger partial charge in [0, 0.05) is 17.5 Å². The Kier molecular flexibility index (Phi) is 5.53. The van der Waals surface area contributed by atoms with Crippen LogP contribution in [-0.4, -0.2) is 20.7 Å². The van der Waals surface area contributed by atoms with Crippen LogP contribution in [0.5, 0.6) is 0 Å². The number of aromatic nitrogens is 3. The molecule has 0 spiro atoms. The molecule has 0 radical (unpaired) electrons. The van der Waals surface area contributed by atoms with Gasteiger partial charge in [-0.3, -0.25) is 9.59 Å². The lowest BCUT2D eigenvalue weighted by molar-refractivity contribution is -0.111. The highest BCUT2D eigenvalue weighted by atomic mass is 16.3. The van der Waals surface area contributed by atoms with Gasteiger partial charge in [-0.2, -0.15) is 9.78 Å². The summed E-state index contributed by atoms with van der Waals surface area (Å²) in [4.78, 5) is 30.2. The first-order valence-electron chi connectivity index (χ1n) is 11.3. The van der Waals surface area contributed by atoms with Crippen LogP contribution < -0.4 is 10.7 Å². The first kappa shape index (κ1) is 22.3. The predicted molar refractivity (Wildman–Crippen MR) is 138 cm³/mol. The number of carbonyl (C=O) groups excluding carboxylic acids is 1. The van der Waals surface area contributed by atoms with E-state index in [0.717, 1.165) is 27.7 Å². The molecular weight excluding hydrogens is 440 g/mol. The highest BCUT2D eigenvalue weighted by Gasteiger charge is 2.14. The Morgan fingerprint density at radius 1 is 1.00 bits per heavy atom. The molecule has 0 aliphatic carbocycles. The first-order chi connectivity index (χ1) is 16.8. The van der Waals surface area contributed by atoms with Crippen molar-refractivity contribution in [2.75, 3.05) is 5.32 Å². The van der Waals surface area contributed by atoms with E-state index in [1.54, 1.807) is 35.0 Å². The van der Waals surface area contributed by atoms with E-state index in [4.69, 9.17) is 9.40 Å². The molecule has 174 valence electrons. The van der Waals surface area contributed by atoms with Crippen LogP contribution in [0, 0.1) is 27.7 Å². The molecule has 1 N–H and O–H groups in total. The lowest BCUT2D eigenvalue weighted by Crippen LogP contribution is -2.13. The Hall–Kier alpha value is -4.52. The third kappa shape index (κ3) is 4.24. The number of nitrogens with one attached hydrogen (secondary N) is 1. The molecule has 0 fully saturated rings. The average molecular weight is 465 g/mol. The van der Waals surface area contributed by atoms with Gasteiger partial charge in [0.25, 0.3) is 0 Å². The van der Waals surface area contributed by atoms with Gasteiger partial charge in [-0.15, -0.1) is 0 Å². The molecule has 1 amide bonds. The molecule has 0 bridgehead atoms. The first-order valence-corrected chi connectivity index (χ1v) is 11.3. The van der Waals surface area contributed by atoms with Gasteiger partial charge >= 0.3 is 0 Å². The van der Waals surface area contributed by atoms with Crippen LogP contribution >= 0.6 is 0 Å². The number of rotatable bonds is 4. The zero-order valence-electron chi connectivity index (χ0n) is 19.9. The van der Waals surface area contributed by atoms with Crippen molar-refractivity contribution >= 4 is 39.7 Å². The number of amides is 1. The van der Waals surface area contributed by atoms with E-state index in [1.807, 2.05) is 26.8 Å². The van der Waals surface area contributed by atoms with E-state index in [0.29, 0.717) is 28.2 Å². The lowest BCUT2D eigenvalue weighted by Gasteiger charge is -2.12. The smallest absolute Gasteiger partial charge is 0.249 e. The predicted octanol–water partition coefficient (Wildman–Crippen LogP) is 5.41. The largest absolute Gasteiger partial charge is 0.463 e. The number of para-hydroxylation sites is 1. The van der Waals surface area contributed by atoms with Crippen molar-refractivity contribution in [3.63, 3.8) is 0 Å². The van der Waals surface area contributed by atoms with Crippen molar-refractivity contribution in [3.05, 3.63) is 99.0 Å². The fourth-order valence-corrected chi connectivity index (χ4v) is 4.24. The summed E-state index contributed by atoms with van der Waals surface area (Å²) in [5.41, 5.74) is 5.57. The summed E-state index contributed by atoms with van der Waals surface area (Å²) >= 11 is 0. The minimum Gasteiger partial charge on any atom is -0.463 e. The fourth-order valence-electron chi connectivity index (χ4n) is 4.24. The maximum Gasteiger partial charge on any atom is 0.249 e. The molecule has 0 saturated carbocycles. The zero-order valence-corrected chi connectivity index (χ0v) is 19.9. The maximum atomic E-state index is 12.7. The second-order valence-electron chi connectivity index (χ2n) is 8.70. The third-order valence-electron chi connectivity index (χ3n) is 5.86. The molecule has 2 aromatic carbocycles. The molecule has 0 saturated heterocycles. The third-order valence-corrected chi connectivity index (χ3v) is 5.86. The van der Waals surface area contributed by atoms with E-state index < -0.39 is 5.91 Å². The van der Waals surface area contributed by atoms with Crippen LogP contribution in [0.25, 0.3) is 33.8 Å². The molecule has 0 unspecified atom stereocenters. The topological polar surface area (TPSA) is 90.0 Å². The zero-order chi connectivity index (χ0) is 24.7. The van der Waals surface area contributed by atoms with Crippen molar-refractivity contribution < 1.29 is 9.21 Å². The van der Waals surface area contributed by atoms with Crippen LogP contribution in [0.2, 0.25) is 0 Å². The molecule has 7 nitrogen and oxygen atoms in total. The number of aryl methyl sites for hydroxylation is 4. The van der Waals surface area contributed by atoms with Gasteiger partial charge in [0.15, 0.2) is 11.2 Å². The van der Waals surface area contributed by atoms with Gasteiger partial charge < -0.3 is 9.73 Å². The van der Waals surface area contributed by atoms with Crippen LogP contribution in [-0.2, 0) is 4.79 Å². The summed E-state index contributed by atoms with van der Waals surface area (Å²) < 4.78 is 7.13.